The topological polar surface area (TPSA) is 29.5 Å². The molecule has 1 heterocycles. The van der Waals surface area contributed by atoms with E-state index in [9.17, 15) is 4.79 Å². The monoisotopic (exact) mass is 261 g/mol. The molecule has 1 saturated heterocycles. The van der Waals surface area contributed by atoms with Crippen LogP contribution in [0.1, 0.15) is 32.3 Å². The van der Waals surface area contributed by atoms with Crippen LogP contribution in [0.5, 0.6) is 0 Å². The number of carbonyl (C=O) groups excluding carboxylic acids is 1. The summed E-state index contributed by atoms with van der Waals surface area (Å²) in [5.74, 6) is -0.0203. The number of hydrogen-bond acceptors (Lipinski definition) is 3. The number of rotatable bonds is 5. The van der Waals surface area contributed by atoms with E-state index in [1.165, 1.54) is 5.56 Å². The van der Waals surface area contributed by atoms with Gasteiger partial charge in [-0.15, -0.1) is 0 Å². The molecule has 1 unspecified atom stereocenters. The lowest BCUT2D eigenvalue weighted by Gasteiger charge is -2.25. The van der Waals surface area contributed by atoms with Gasteiger partial charge in [-0.05, 0) is 31.9 Å². The predicted octanol–water partition coefficient (Wildman–Crippen LogP) is 2.85. The van der Waals surface area contributed by atoms with Crippen LogP contribution in [0.15, 0.2) is 30.3 Å². The molecule has 1 fully saturated rings. The summed E-state index contributed by atoms with van der Waals surface area (Å²) in [5.41, 5.74) is 1.02. The van der Waals surface area contributed by atoms with E-state index >= 15 is 0 Å². The van der Waals surface area contributed by atoms with Gasteiger partial charge in [-0.25, -0.2) is 0 Å². The minimum Gasteiger partial charge on any atom is -0.466 e. The summed E-state index contributed by atoms with van der Waals surface area (Å²) in [6.45, 7) is 7.14. The highest BCUT2D eigenvalue weighted by Crippen LogP contribution is 2.35. The van der Waals surface area contributed by atoms with Crippen LogP contribution in [0.4, 0.5) is 0 Å². The molecule has 1 aliphatic rings. The summed E-state index contributed by atoms with van der Waals surface area (Å²) in [6.07, 6.45) is 1.77. The second-order valence-electron chi connectivity index (χ2n) is 5.30. The number of benzene rings is 1. The average molecular weight is 261 g/mol. The molecule has 0 spiro atoms. The highest BCUT2D eigenvalue weighted by Gasteiger charge is 2.44. The molecule has 0 amide bonds. The van der Waals surface area contributed by atoms with Gasteiger partial charge >= 0.3 is 5.97 Å². The Labute approximate surface area is 115 Å². The van der Waals surface area contributed by atoms with Gasteiger partial charge in [-0.2, -0.15) is 0 Å². The number of esters is 1. The van der Waals surface area contributed by atoms with E-state index in [0.717, 1.165) is 32.5 Å². The molecule has 0 saturated carbocycles. The summed E-state index contributed by atoms with van der Waals surface area (Å²) in [4.78, 5) is 14.5. The van der Waals surface area contributed by atoms with Gasteiger partial charge in [0.05, 0.1) is 12.0 Å². The summed E-state index contributed by atoms with van der Waals surface area (Å²) in [6, 6.07) is 10.4. The Morgan fingerprint density at radius 1 is 1.32 bits per heavy atom. The molecule has 104 valence electrons. The Balaban J connectivity index is 1.99. The molecule has 1 aromatic carbocycles. The van der Waals surface area contributed by atoms with Crippen molar-refractivity contribution in [3.8, 4) is 0 Å². The van der Waals surface area contributed by atoms with E-state index in [1.807, 2.05) is 13.0 Å². The Kier molecular flexibility index (Phi) is 4.59. The predicted molar refractivity (Wildman–Crippen MR) is 75.7 cm³/mol. The van der Waals surface area contributed by atoms with Crippen LogP contribution in [-0.2, 0) is 16.1 Å². The zero-order valence-corrected chi connectivity index (χ0v) is 11.9. The smallest absolute Gasteiger partial charge is 0.313 e. The fourth-order valence-corrected chi connectivity index (χ4v) is 2.82. The number of carbonyl (C=O) groups is 1. The zero-order chi connectivity index (χ0) is 13.7. The lowest BCUT2D eigenvalue weighted by molar-refractivity contribution is -0.155. The number of ether oxygens (including phenoxy) is 1. The van der Waals surface area contributed by atoms with E-state index < -0.39 is 0 Å². The van der Waals surface area contributed by atoms with Crippen molar-refractivity contribution in [2.45, 2.75) is 33.2 Å². The van der Waals surface area contributed by atoms with Crippen LogP contribution in [0.3, 0.4) is 0 Å². The molecule has 0 radical (unpaired) electrons. The molecular formula is C16H23NO2. The van der Waals surface area contributed by atoms with Crippen molar-refractivity contribution in [2.24, 2.45) is 5.41 Å². The number of likely N-dealkylation sites (tertiary alicyclic amines) is 1. The number of nitrogens with zero attached hydrogens (tertiary/aromatic N) is 1. The third-order valence-electron chi connectivity index (χ3n) is 4.07. The SMILES string of the molecule is CCOC(=O)C1(CC)CCN(Cc2ccccc2)C1. The fourth-order valence-electron chi connectivity index (χ4n) is 2.82. The van der Waals surface area contributed by atoms with Crippen LogP contribution >= 0.6 is 0 Å². The maximum Gasteiger partial charge on any atom is 0.313 e. The summed E-state index contributed by atoms with van der Waals surface area (Å²) < 4.78 is 5.25. The van der Waals surface area contributed by atoms with Gasteiger partial charge in [0, 0.05) is 13.1 Å². The van der Waals surface area contributed by atoms with E-state index in [0.29, 0.717) is 6.61 Å². The fraction of sp³-hybridized carbons (Fsp3) is 0.562. The van der Waals surface area contributed by atoms with Gasteiger partial charge in [-0.3, -0.25) is 9.69 Å². The Hall–Kier alpha value is -1.35. The van der Waals surface area contributed by atoms with Gasteiger partial charge in [0.2, 0.25) is 0 Å². The second-order valence-corrected chi connectivity index (χ2v) is 5.30. The largest absolute Gasteiger partial charge is 0.466 e. The normalized spacial score (nSPS) is 23.5. The lowest BCUT2D eigenvalue weighted by atomic mass is 9.84. The van der Waals surface area contributed by atoms with Gasteiger partial charge in [0.25, 0.3) is 0 Å². The van der Waals surface area contributed by atoms with Crippen molar-refractivity contribution in [1.29, 1.82) is 0 Å². The van der Waals surface area contributed by atoms with E-state index in [2.05, 4.69) is 36.1 Å². The molecule has 0 aliphatic carbocycles. The first-order valence-electron chi connectivity index (χ1n) is 7.13. The maximum atomic E-state index is 12.1. The third kappa shape index (κ3) is 3.16. The van der Waals surface area contributed by atoms with E-state index in [-0.39, 0.29) is 11.4 Å². The Bertz CT molecular complexity index is 418. The minimum absolute atomic E-state index is 0.0203. The van der Waals surface area contributed by atoms with Crippen LogP contribution < -0.4 is 0 Å². The van der Waals surface area contributed by atoms with Gasteiger partial charge in [0.15, 0.2) is 0 Å². The highest BCUT2D eigenvalue weighted by molar-refractivity contribution is 5.77. The zero-order valence-electron chi connectivity index (χ0n) is 11.9. The highest BCUT2D eigenvalue weighted by atomic mass is 16.5. The lowest BCUT2D eigenvalue weighted by Crippen LogP contribution is -2.35. The molecule has 19 heavy (non-hydrogen) atoms. The Morgan fingerprint density at radius 2 is 2.05 bits per heavy atom. The van der Waals surface area contributed by atoms with Crippen LogP contribution in [0, 0.1) is 5.41 Å². The minimum atomic E-state index is -0.287. The molecule has 1 aliphatic heterocycles. The average Bonchev–Trinajstić information content (AvgIpc) is 2.85. The summed E-state index contributed by atoms with van der Waals surface area (Å²) in [5, 5.41) is 0. The van der Waals surface area contributed by atoms with Crippen LogP contribution in [0.25, 0.3) is 0 Å². The Morgan fingerprint density at radius 3 is 2.68 bits per heavy atom. The quantitative estimate of drug-likeness (QED) is 0.763. The molecule has 0 aromatic heterocycles. The second kappa shape index (κ2) is 6.20. The van der Waals surface area contributed by atoms with Gasteiger partial charge in [0.1, 0.15) is 0 Å². The van der Waals surface area contributed by atoms with Crippen molar-refractivity contribution in [3.05, 3.63) is 35.9 Å². The number of hydrogen-bond donors (Lipinski definition) is 0. The molecule has 1 atom stereocenters. The van der Waals surface area contributed by atoms with Crippen molar-refractivity contribution in [1.82, 2.24) is 4.90 Å². The first kappa shape index (κ1) is 14.1. The van der Waals surface area contributed by atoms with Gasteiger partial charge in [-0.1, -0.05) is 37.3 Å². The first-order valence-corrected chi connectivity index (χ1v) is 7.13. The maximum absolute atomic E-state index is 12.1. The molecule has 3 nitrogen and oxygen atoms in total. The van der Waals surface area contributed by atoms with Gasteiger partial charge < -0.3 is 4.74 Å². The van der Waals surface area contributed by atoms with E-state index in [1.54, 1.807) is 0 Å². The van der Waals surface area contributed by atoms with Crippen molar-refractivity contribution >= 4 is 5.97 Å². The van der Waals surface area contributed by atoms with Crippen molar-refractivity contribution in [3.63, 3.8) is 0 Å². The van der Waals surface area contributed by atoms with Crippen molar-refractivity contribution in [2.75, 3.05) is 19.7 Å². The molecule has 1 aromatic rings. The molecule has 0 bridgehead atoms. The summed E-state index contributed by atoms with van der Waals surface area (Å²) in [7, 11) is 0. The third-order valence-corrected chi connectivity index (χ3v) is 4.07. The van der Waals surface area contributed by atoms with Crippen LogP contribution in [-0.4, -0.2) is 30.6 Å². The molecule has 3 heteroatoms. The van der Waals surface area contributed by atoms with E-state index in [4.69, 9.17) is 4.74 Å². The van der Waals surface area contributed by atoms with Crippen molar-refractivity contribution < 1.29 is 9.53 Å². The molecule has 0 N–H and O–H groups in total. The molecular weight excluding hydrogens is 238 g/mol. The molecule has 2 rings (SSSR count). The summed E-state index contributed by atoms with van der Waals surface area (Å²) >= 11 is 0. The first-order chi connectivity index (χ1) is 9.20. The standard InChI is InChI=1S/C16H23NO2/c1-3-16(15(18)19-4-2)10-11-17(13-16)12-14-8-6-5-7-9-14/h5-9H,3-4,10-13H2,1-2H3. The van der Waals surface area contributed by atoms with Crippen LogP contribution in [0.2, 0.25) is 0 Å².